The van der Waals surface area contributed by atoms with E-state index >= 15 is 0 Å². The first kappa shape index (κ1) is 12.0. The second kappa shape index (κ2) is 4.79. The molecule has 0 unspecified atom stereocenters. The quantitative estimate of drug-likeness (QED) is 0.617. The monoisotopic (exact) mass is 336 g/mol. The van der Waals surface area contributed by atoms with Gasteiger partial charge < -0.3 is 0 Å². The van der Waals surface area contributed by atoms with Crippen molar-refractivity contribution in [2.24, 2.45) is 0 Å². The fourth-order valence-electron chi connectivity index (χ4n) is 1.07. The number of carbonyl (C=O) groups excluding carboxylic acids is 1. The van der Waals surface area contributed by atoms with Gasteiger partial charge in [-0.05, 0) is 15.9 Å². The van der Waals surface area contributed by atoms with Crippen LogP contribution in [0.3, 0.4) is 0 Å². The van der Waals surface area contributed by atoms with Crippen LogP contribution in [0.5, 0.6) is 0 Å². The smallest absolute Gasteiger partial charge is 0.209 e. The first-order chi connectivity index (χ1) is 7.61. The molecule has 0 saturated heterocycles. The molecule has 0 aliphatic rings. The third-order valence-electron chi connectivity index (χ3n) is 1.80. The molecular weight excluding hydrogens is 335 g/mol. The minimum absolute atomic E-state index is 0.126. The zero-order valence-corrected chi connectivity index (χ0v) is 11.5. The summed E-state index contributed by atoms with van der Waals surface area (Å²) in [6.45, 7) is 0. The predicted octanol–water partition coefficient (Wildman–Crippen LogP) is 3.84. The van der Waals surface area contributed by atoms with Crippen molar-refractivity contribution in [1.29, 1.82) is 0 Å². The molecule has 0 aromatic carbocycles. The Morgan fingerprint density at radius 1 is 1.44 bits per heavy atom. The maximum atomic E-state index is 12.0. The van der Waals surface area contributed by atoms with Gasteiger partial charge >= 0.3 is 0 Å². The summed E-state index contributed by atoms with van der Waals surface area (Å²) in [5.41, 5.74) is 0.250. The molecule has 0 bridgehead atoms. The average molecular weight is 338 g/mol. The van der Waals surface area contributed by atoms with E-state index in [0.717, 1.165) is 0 Å². The summed E-state index contributed by atoms with van der Waals surface area (Å²) in [6, 6.07) is 0. The van der Waals surface area contributed by atoms with Gasteiger partial charge in [0.25, 0.3) is 0 Å². The van der Waals surface area contributed by atoms with Gasteiger partial charge in [0, 0.05) is 16.0 Å². The second-order valence-electron chi connectivity index (χ2n) is 2.78. The third kappa shape index (κ3) is 2.13. The van der Waals surface area contributed by atoms with E-state index in [1.54, 1.807) is 5.38 Å². The molecule has 0 spiro atoms. The molecule has 3 nitrogen and oxygen atoms in total. The summed E-state index contributed by atoms with van der Waals surface area (Å²) in [6.07, 6.45) is 2.66. The number of ketones is 1. The number of hydrogen-bond acceptors (Lipinski definition) is 4. The summed E-state index contributed by atoms with van der Waals surface area (Å²) in [5.74, 6) is -0.272. The Morgan fingerprint density at radius 3 is 2.75 bits per heavy atom. The molecule has 2 rings (SSSR count). The normalized spacial score (nSPS) is 10.4. The molecule has 0 aliphatic heterocycles. The van der Waals surface area contributed by atoms with Crippen LogP contribution in [-0.4, -0.2) is 15.8 Å². The minimum Gasteiger partial charge on any atom is -0.287 e. The van der Waals surface area contributed by atoms with Crippen LogP contribution in [0.4, 0.5) is 0 Å². The number of carbonyl (C=O) groups is 1. The van der Waals surface area contributed by atoms with E-state index in [4.69, 9.17) is 23.2 Å². The molecule has 82 valence electrons. The summed E-state index contributed by atoms with van der Waals surface area (Å²) >= 11 is 16.3. The van der Waals surface area contributed by atoms with Crippen LogP contribution >= 0.6 is 50.5 Å². The van der Waals surface area contributed by atoms with Crippen molar-refractivity contribution in [3.8, 4) is 0 Å². The van der Waals surface area contributed by atoms with E-state index in [9.17, 15) is 4.79 Å². The molecule has 0 saturated carbocycles. The van der Waals surface area contributed by atoms with Gasteiger partial charge in [-0.25, -0.2) is 9.97 Å². The molecule has 0 fully saturated rings. The van der Waals surface area contributed by atoms with Gasteiger partial charge in [0.05, 0.1) is 15.5 Å². The lowest BCUT2D eigenvalue weighted by atomic mass is 10.2. The molecule has 0 N–H and O–H groups in total. The molecule has 2 aromatic rings. The van der Waals surface area contributed by atoms with Gasteiger partial charge in [0.2, 0.25) is 5.78 Å². The third-order valence-corrected chi connectivity index (χ3v) is 4.75. The largest absolute Gasteiger partial charge is 0.287 e. The van der Waals surface area contributed by atoms with Gasteiger partial charge in [0.15, 0.2) is 0 Å². The number of halogens is 3. The van der Waals surface area contributed by atoms with Crippen molar-refractivity contribution < 1.29 is 4.79 Å². The Morgan fingerprint density at radius 2 is 2.19 bits per heavy atom. The molecule has 7 heteroatoms. The van der Waals surface area contributed by atoms with E-state index < -0.39 is 0 Å². The standard InChI is InChI=1S/C9H3BrCl2N2OS/c10-5-2-16-8(6(5)11)7(15)4-1-13-3-14-9(4)12/h1-3H. The molecule has 16 heavy (non-hydrogen) atoms. The van der Waals surface area contributed by atoms with Crippen LogP contribution in [0.2, 0.25) is 10.2 Å². The molecule has 2 heterocycles. The maximum Gasteiger partial charge on any atom is 0.209 e. The van der Waals surface area contributed by atoms with Crippen LogP contribution < -0.4 is 0 Å². The van der Waals surface area contributed by atoms with E-state index in [1.807, 2.05) is 0 Å². The lowest BCUT2D eigenvalue weighted by Crippen LogP contribution is -2.02. The Hall–Kier alpha value is -0.490. The average Bonchev–Trinajstić information content (AvgIpc) is 2.60. The zero-order valence-electron chi connectivity index (χ0n) is 7.58. The van der Waals surface area contributed by atoms with Crippen molar-refractivity contribution in [2.75, 3.05) is 0 Å². The topological polar surface area (TPSA) is 42.9 Å². The summed E-state index contributed by atoms with van der Waals surface area (Å²) in [5, 5.41) is 2.25. The Labute approximate surface area is 114 Å². The highest BCUT2D eigenvalue weighted by Gasteiger charge is 2.20. The number of hydrogen-bond donors (Lipinski definition) is 0. The number of nitrogens with zero attached hydrogens (tertiary/aromatic N) is 2. The Balaban J connectivity index is 2.48. The highest BCUT2D eigenvalue weighted by atomic mass is 79.9. The van der Waals surface area contributed by atoms with E-state index in [-0.39, 0.29) is 16.5 Å². The SMILES string of the molecule is O=C(c1cncnc1Cl)c1scc(Br)c1Cl. The van der Waals surface area contributed by atoms with E-state index in [0.29, 0.717) is 14.4 Å². The number of rotatable bonds is 2. The molecule has 0 amide bonds. The molecule has 0 atom stereocenters. The van der Waals surface area contributed by atoms with Crippen LogP contribution in [0.15, 0.2) is 22.4 Å². The molecule has 0 radical (unpaired) electrons. The van der Waals surface area contributed by atoms with Crippen molar-refractivity contribution in [3.63, 3.8) is 0 Å². The molecule has 0 aliphatic carbocycles. The Kier molecular flexibility index (Phi) is 3.59. The van der Waals surface area contributed by atoms with Gasteiger partial charge in [-0.2, -0.15) is 0 Å². The summed E-state index contributed by atoms with van der Waals surface area (Å²) in [4.78, 5) is 20.0. The predicted molar refractivity (Wildman–Crippen MR) is 67.5 cm³/mol. The highest BCUT2D eigenvalue weighted by molar-refractivity contribution is 9.10. The van der Waals surface area contributed by atoms with Gasteiger partial charge in [-0.1, -0.05) is 23.2 Å². The van der Waals surface area contributed by atoms with Gasteiger partial charge in [-0.3, -0.25) is 4.79 Å². The molecule has 2 aromatic heterocycles. The van der Waals surface area contributed by atoms with Crippen LogP contribution in [0.25, 0.3) is 0 Å². The zero-order chi connectivity index (χ0) is 11.7. The van der Waals surface area contributed by atoms with Crippen molar-refractivity contribution in [1.82, 2.24) is 9.97 Å². The summed E-state index contributed by atoms with van der Waals surface area (Å²) < 4.78 is 0.690. The first-order valence-corrected chi connectivity index (χ1v) is 6.47. The van der Waals surface area contributed by atoms with Crippen molar-refractivity contribution in [3.05, 3.63) is 43.0 Å². The Bertz CT molecular complexity index is 558. The van der Waals surface area contributed by atoms with Gasteiger partial charge in [-0.15, -0.1) is 11.3 Å². The van der Waals surface area contributed by atoms with E-state index in [2.05, 4.69) is 25.9 Å². The fraction of sp³-hybridized carbons (Fsp3) is 0. The number of aromatic nitrogens is 2. The van der Waals surface area contributed by atoms with Crippen molar-refractivity contribution in [2.45, 2.75) is 0 Å². The fourth-order valence-corrected chi connectivity index (χ4v) is 2.96. The van der Waals surface area contributed by atoms with Gasteiger partial charge in [0.1, 0.15) is 11.5 Å². The van der Waals surface area contributed by atoms with Crippen molar-refractivity contribution >= 4 is 56.3 Å². The summed E-state index contributed by atoms with van der Waals surface area (Å²) in [7, 11) is 0. The second-order valence-corrected chi connectivity index (χ2v) is 5.25. The first-order valence-electron chi connectivity index (χ1n) is 4.04. The maximum absolute atomic E-state index is 12.0. The van der Waals surface area contributed by atoms with E-state index in [1.165, 1.54) is 23.9 Å². The van der Waals surface area contributed by atoms with Crippen LogP contribution in [-0.2, 0) is 0 Å². The highest BCUT2D eigenvalue weighted by Crippen LogP contribution is 2.34. The molecular formula is C9H3BrCl2N2OS. The number of thiophene rings is 1. The van der Waals surface area contributed by atoms with Crippen LogP contribution in [0, 0.1) is 0 Å². The lowest BCUT2D eigenvalue weighted by Gasteiger charge is -1.99. The minimum atomic E-state index is -0.272. The van der Waals surface area contributed by atoms with Crippen LogP contribution in [0.1, 0.15) is 15.2 Å². The lowest BCUT2D eigenvalue weighted by molar-refractivity contribution is 0.104.